The molecule has 0 saturated carbocycles. The minimum Gasteiger partial charge on any atom is -0.495 e. The predicted molar refractivity (Wildman–Crippen MR) is 84.3 cm³/mol. The number of hydrogen-bond donors (Lipinski definition) is 1. The molecule has 2 aromatic heterocycles. The summed E-state index contributed by atoms with van der Waals surface area (Å²) in [7, 11) is -3.39. The molecule has 0 spiro atoms. The van der Waals surface area contributed by atoms with Gasteiger partial charge in [0.05, 0.1) is 12.7 Å². The van der Waals surface area contributed by atoms with Crippen LogP contribution in [0.1, 0.15) is 11.3 Å². The molecule has 2 heterocycles. The van der Waals surface area contributed by atoms with Crippen LogP contribution in [0.4, 0.5) is 18.9 Å². The van der Waals surface area contributed by atoms with Crippen molar-refractivity contribution < 1.29 is 26.3 Å². The van der Waals surface area contributed by atoms with E-state index >= 15 is 0 Å². The quantitative estimate of drug-likeness (QED) is 0.737. The molecule has 3 aromatic rings. The van der Waals surface area contributed by atoms with Gasteiger partial charge >= 0.3 is 6.18 Å². The van der Waals surface area contributed by atoms with Crippen LogP contribution in [-0.2, 0) is 16.2 Å². The number of ether oxygens (including phenoxy) is 1. The molecule has 8 nitrogen and oxygen atoms in total. The van der Waals surface area contributed by atoms with Gasteiger partial charge in [-0.2, -0.15) is 26.6 Å². The van der Waals surface area contributed by atoms with Crippen LogP contribution in [0.5, 0.6) is 5.75 Å². The van der Waals surface area contributed by atoms with Crippen molar-refractivity contribution in [2.45, 2.75) is 18.3 Å². The summed E-state index contributed by atoms with van der Waals surface area (Å²) in [5.41, 5.74) is -1.37. The standard InChI is InChI=1S/C14H12F3N5O3S/c1-8-6-7-22-12(18-8)19-13(20-22)26(23,24)21-11-9(14(15,16)17)4-3-5-10(11)25-2/h3-7,21H,1-2H3. The van der Waals surface area contributed by atoms with Gasteiger partial charge < -0.3 is 4.74 Å². The molecule has 0 aliphatic rings. The van der Waals surface area contributed by atoms with Gasteiger partial charge in [-0.15, -0.1) is 5.10 Å². The number of para-hydroxylation sites is 1. The van der Waals surface area contributed by atoms with E-state index in [0.29, 0.717) is 5.69 Å². The van der Waals surface area contributed by atoms with Crippen molar-refractivity contribution in [1.82, 2.24) is 19.6 Å². The number of alkyl halides is 3. The van der Waals surface area contributed by atoms with Crippen molar-refractivity contribution >= 4 is 21.5 Å². The zero-order chi connectivity index (χ0) is 19.1. The number of aryl methyl sites for hydroxylation is 1. The van der Waals surface area contributed by atoms with Gasteiger partial charge in [0.25, 0.3) is 21.0 Å². The molecule has 26 heavy (non-hydrogen) atoms. The van der Waals surface area contributed by atoms with Crippen LogP contribution in [0.2, 0.25) is 0 Å². The number of benzene rings is 1. The second kappa shape index (κ2) is 6.12. The highest BCUT2D eigenvalue weighted by atomic mass is 32.2. The molecule has 0 unspecified atom stereocenters. The zero-order valence-electron chi connectivity index (χ0n) is 13.4. The van der Waals surface area contributed by atoms with E-state index in [1.165, 1.54) is 12.3 Å². The van der Waals surface area contributed by atoms with Gasteiger partial charge in [-0.25, -0.2) is 9.50 Å². The molecule has 0 aliphatic heterocycles. The molecule has 0 radical (unpaired) electrons. The Morgan fingerprint density at radius 2 is 1.92 bits per heavy atom. The number of fused-ring (bicyclic) bond motifs is 1. The first-order valence-electron chi connectivity index (χ1n) is 7.09. The van der Waals surface area contributed by atoms with Gasteiger partial charge in [-0.05, 0) is 25.1 Å². The third-order valence-electron chi connectivity index (χ3n) is 3.36. The molecule has 0 saturated heterocycles. The second-order valence-electron chi connectivity index (χ2n) is 5.19. The molecule has 0 atom stereocenters. The van der Waals surface area contributed by atoms with Crippen LogP contribution in [-0.4, -0.2) is 35.1 Å². The van der Waals surface area contributed by atoms with Crippen LogP contribution in [0.3, 0.4) is 0 Å². The lowest BCUT2D eigenvalue weighted by molar-refractivity contribution is -0.137. The SMILES string of the molecule is COc1cccc(C(F)(F)F)c1NS(=O)(=O)c1nc2nc(C)ccn2n1. The van der Waals surface area contributed by atoms with Gasteiger partial charge in [0.2, 0.25) is 0 Å². The fraction of sp³-hybridized carbons (Fsp3) is 0.214. The topological polar surface area (TPSA) is 98.5 Å². The van der Waals surface area contributed by atoms with Crippen LogP contribution in [0, 0.1) is 6.92 Å². The summed E-state index contributed by atoms with van der Waals surface area (Å²) < 4.78 is 72.5. The average molecular weight is 387 g/mol. The van der Waals surface area contributed by atoms with Gasteiger partial charge in [-0.3, -0.25) is 4.72 Å². The van der Waals surface area contributed by atoms with Crippen LogP contribution < -0.4 is 9.46 Å². The number of aromatic nitrogens is 4. The fourth-order valence-corrected chi connectivity index (χ4v) is 3.15. The van der Waals surface area contributed by atoms with E-state index < -0.39 is 32.6 Å². The summed E-state index contributed by atoms with van der Waals surface area (Å²) in [5.74, 6) is -0.289. The van der Waals surface area contributed by atoms with E-state index in [1.54, 1.807) is 13.0 Å². The molecule has 0 bridgehead atoms. The van der Waals surface area contributed by atoms with E-state index in [9.17, 15) is 21.6 Å². The Morgan fingerprint density at radius 3 is 2.58 bits per heavy atom. The average Bonchev–Trinajstić information content (AvgIpc) is 2.97. The van der Waals surface area contributed by atoms with Gasteiger partial charge in [-0.1, -0.05) is 6.07 Å². The predicted octanol–water partition coefficient (Wildman–Crippen LogP) is 2.26. The Kier molecular flexibility index (Phi) is 4.22. The van der Waals surface area contributed by atoms with Crippen molar-refractivity contribution in [3.63, 3.8) is 0 Å². The first-order valence-corrected chi connectivity index (χ1v) is 8.57. The van der Waals surface area contributed by atoms with Gasteiger partial charge in [0.15, 0.2) is 0 Å². The number of nitrogens with one attached hydrogen (secondary N) is 1. The fourth-order valence-electron chi connectivity index (χ4n) is 2.18. The maximum Gasteiger partial charge on any atom is 0.418 e. The molecular weight excluding hydrogens is 375 g/mol. The first kappa shape index (κ1) is 17.9. The van der Waals surface area contributed by atoms with Crippen LogP contribution in [0.15, 0.2) is 35.6 Å². The first-order chi connectivity index (χ1) is 12.1. The van der Waals surface area contributed by atoms with E-state index in [0.717, 1.165) is 23.8 Å². The molecule has 12 heteroatoms. The Labute approximate surface area is 145 Å². The maximum absolute atomic E-state index is 13.2. The summed E-state index contributed by atoms with van der Waals surface area (Å²) in [4.78, 5) is 7.76. The number of anilines is 1. The smallest absolute Gasteiger partial charge is 0.418 e. The van der Waals surface area contributed by atoms with E-state index in [4.69, 9.17) is 4.74 Å². The van der Waals surface area contributed by atoms with E-state index in [-0.39, 0.29) is 11.5 Å². The van der Waals surface area contributed by atoms with Crippen molar-refractivity contribution in [2.24, 2.45) is 0 Å². The lowest BCUT2D eigenvalue weighted by atomic mass is 10.1. The Hall–Kier alpha value is -2.89. The molecule has 1 N–H and O–H groups in total. The van der Waals surface area contributed by atoms with Crippen LogP contribution >= 0.6 is 0 Å². The highest BCUT2D eigenvalue weighted by Crippen LogP contribution is 2.40. The minimum absolute atomic E-state index is 0.00134. The molecule has 0 fully saturated rings. The number of halogens is 3. The third-order valence-corrected chi connectivity index (χ3v) is 4.48. The zero-order valence-corrected chi connectivity index (χ0v) is 14.3. The Bertz CT molecular complexity index is 1080. The minimum atomic E-state index is -4.79. The Morgan fingerprint density at radius 1 is 1.19 bits per heavy atom. The molecule has 0 aliphatic carbocycles. The molecular formula is C14H12F3N5O3S. The maximum atomic E-state index is 13.2. The van der Waals surface area contributed by atoms with Crippen molar-refractivity contribution in [3.8, 4) is 5.75 Å². The van der Waals surface area contributed by atoms with Crippen molar-refractivity contribution in [2.75, 3.05) is 11.8 Å². The number of hydrogen-bond acceptors (Lipinski definition) is 6. The normalized spacial score (nSPS) is 12.3. The monoisotopic (exact) mass is 387 g/mol. The van der Waals surface area contributed by atoms with E-state index in [2.05, 4.69) is 15.1 Å². The largest absolute Gasteiger partial charge is 0.495 e. The lowest BCUT2D eigenvalue weighted by Crippen LogP contribution is -2.19. The highest BCUT2D eigenvalue weighted by Gasteiger charge is 2.36. The number of sulfonamides is 1. The molecule has 138 valence electrons. The van der Waals surface area contributed by atoms with E-state index in [1.807, 2.05) is 4.72 Å². The highest BCUT2D eigenvalue weighted by molar-refractivity contribution is 7.92. The van der Waals surface area contributed by atoms with Gasteiger partial charge in [0.1, 0.15) is 11.4 Å². The summed E-state index contributed by atoms with van der Waals surface area (Å²) >= 11 is 0. The Balaban J connectivity index is 2.09. The second-order valence-corrected chi connectivity index (χ2v) is 6.77. The summed E-state index contributed by atoms with van der Waals surface area (Å²) in [6.45, 7) is 1.67. The van der Waals surface area contributed by atoms with Gasteiger partial charge in [0, 0.05) is 11.9 Å². The van der Waals surface area contributed by atoms with Crippen molar-refractivity contribution in [3.05, 3.63) is 41.7 Å². The third kappa shape index (κ3) is 3.27. The molecule has 1 aromatic carbocycles. The summed E-state index contributed by atoms with van der Waals surface area (Å²) in [6.07, 6.45) is -3.36. The number of nitrogens with zero attached hydrogens (tertiary/aromatic N) is 4. The van der Waals surface area contributed by atoms with Crippen molar-refractivity contribution in [1.29, 1.82) is 0 Å². The summed E-state index contributed by atoms with van der Waals surface area (Å²) in [5, 5.41) is 3.03. The molecule has 3 rings (SSSR count). The summed E-state index contributed by atoms with van der Waals surface area (Å²) in [6, 6.07) is 4.63. The number of methoxy groups -OCH3 is 1. The van der Waals surface area contributed by atoms with Crippen LogP contribution in [0.25, 0.3) is 5.78 Å². The lowest BCUT2D eigenvalue weighted by Gasteiger charge is -2.16. The number of rotatable bonds is 4. The molecule has 0 amide bonds.